The van der Waals surface area contributed by atoms with Crippen molar-refractivity contribution < 1.29 is 23.9 Å². The van der Waals surface area contributed by atoms with Crippen LogP contribution in [-0.2, 0) is 23.9 Å². The van der Waals surface area contributed by atoms with Gasteiger partial charge in [0.25, 0.3) is 5.91 Å². The van der Waals surface area contributed by atoms with Crippen LogP contribution in [0.1, 0.15) is 13.8 Å². The third-order valence-corrected chi connectivity index (χ3v) is 1.34. The van der Waals surface area contributed by atoms with Gasteiger partial charge in [0.05, 0.1) is 6.61 Å². The molecule has 1 amide bonds. The van der Waals surface area contributed by atoms with Crippen molar-refractivity contribution in [2.75, 3.05) is 6.61 Å². The topological polar surface area (TPSA) is 95.7 Å². The monoisotopic (exact) mass is 215 g/mol. The maximum atomic E-state index is 10.9. The van der Waals surface area contributed by atoms with E-state index in [0.29, 0.717) is 0 Å². The van der Waals surface area contributed by atoms with Crippen LogP contribution in [0.4, 0.5) is 0 Å². The van der Waals surface area contributed by atoms with E-state index in [1.165, 1.54) is 6.92 Å². The number of amides is 1. The van der Waals surface area contributed by atoms with E-state index in [-0.39, 0.29) is 6.61 Å². The Hall–Kier alpha value is -1.85. The average Bonchev–Trinajstić information content (AvgIpc) is 2.15. The highest BCUT2D eigenvalue weighted by molar-refractivity contribution is 5.92. The molecule has 0 aliphatic carbocycles. The molecule has 0 rings (SSSR count). The predicted octanol–water partition coefficient (Wildman–Crippen LogP) is -0.477. The fourth-order valence-electron chi connectivity index (χ4n) is 0.598. The van der Waals surface area contributed by atoms with Crippen LogP contribution >= 0.6 is 0 Å². The van der Waals surface area contributed by atoms with E-state index in [0.717, 1.165) is 12.2 Å². The minimum Gasteiger partial charge on any atom is -0.463 e. The van der Waals surface area contributed by atoms with E-state index in [9.17, 15) is 14.4 Å². The second kappa shape index (κ2) is 6.58. The molecule has 0 saturated carbocycles. The molecule has 0 unspecified atom stereocenters. The van der Waals surface area contributed by atoms with Gasteiger partial charge in [-0.15, -0.1) is 0 Å². The second-order valence-corrected chi connectivity index (χ2v) is 2.57. The molecule has 0 aliphatic rings. The molecule has 0 fully saturated rings. The van der Waals surface area contributed by atoms with E-state index in [1.807, 2.05) is 0 Å². The summed E-state index contributed by atoms with van der Waals surface area (Å²) in [6.07, 6.45) is 0.765. The van der Waals surface area contributed by atoms with Gasteiger partial charge < -0.3 is 15.2 Å². The lowest BCUT2D eigenvalue weighted by Crippen LogP contribution is -2.29. The maximum Gasteiger partial charge on any atom is 0.331 e. The molecule has 0 bridgehead atoms. The normalized spacial score (nSPS) is 12.1. The smallest absolute Gasteiger partial charge is 0.331 e. The van der Waals surface area contributed by atoms with Gasteiger partial charge in [0.15, 0.2) is 6.10 Å². The molecule has 1 atom stereocenters. The number of rotatable bonds is 5. The van der Waals surface area contributed by atoms with E-state index in [4.69, 9.17) is 5.73 Å². The maximum absolute atomic E-state index is 10.9. The summed E-state index contributed by atoms with van der Waals surface area (Å²) < 4.78 is 9.05. The molecule has 0 saturated heterocycles. The standard InChI is InChI=1S/C9H13NO5/c1-3-14-7(11)4-5-8(12)15-6(2)9(10)13/h4-6H,3H2,1-2H3,(H2,10,13)/b5-4+/t6-/m0/s1. The molecule has 0 aliphatic heterocycles. The van der Waals surface area contributed by atoms with Crippen molar-refractivity contribution in [2.45, 2.75) is 20.0 Å². The summed E-state index contributed by atoms with van der Waals surface area (Å²) in [5.41, 5.74) is 4.86. The van der Waals surface area contributed by atoms with E-state index < -0.39 is 23.9 Å². The number of esters is 2. The Bertz CT molecular complexity index is 284. The second-order valence-electron chi connectivity index (χ2n) is 2.57. The van der Waals surface area contributed by atoms with Gasteiger partial charge in [-0.1, -0.05) is 0 Å². The molecule has 6 nitrogen and oxygen atoms in total. The molecule has 84 valence electrons. The zero-order chi connectivity index (χ0) is 11.8. The Kier molecular flexibility index (Phi) is 5.77. The van der Waals surface area contributed by atoms with Crippen LogP contribution in [0.5, 0.6) is 0 Å². The quantitative estimate of drug-likeness (QED) is 0.493. The molecule has 0 aromatic rings. The van der Waals surface area contributed by atoms with Crippen molar-refractivity contribution in [3.63, 3.8) is 0 Å². The number of nitrogens with two attached hydrogens (primary N) is 1. The summed E-state index contributed by atoms with van der Waals surface area (Å²) in [4.78, 5) is 32.2. The average molecular weight is 215 g/mol. The molecule has 2 N–H and O–H groups in total. The summed E-state index contributed by atoms with van der Waals surface area (Å²) in [6.45, 7) is 3.19. The van der Waals surface area contributed by atoms with Crippen LogP contribution in [0.2, 0.25) is 0 Å². The largest absolute Gasteiger partial charge is 0.463 e. The Morgan fingerprint density at radius 3 is 2.27 bits per heavy atom. The molecule has 15 heavy (non-hydrogen) atoms. The van der Waals surface area contributed by atoms with Gasteiger partial charge in [0, 0.05) is 12.2 Å². The lowest BCUT2D eigenvalue weighted by Gasteiger charge is -2.06. The first-order valence-electron chi connectivity index (χ1n) is 4.32. The number of hydrogen-bond acceptors (Lipinski definition) is 5. The molecular formula is C9H13NO5. The van der Waals surface area contributed by atoms with Gasteiger partial charge in [-0.3, -0.25) is 4.79 Å². The highest BCUT2D eigenvalue weighted by atomic mass is 16.5. The first kappa shape index (κ1) is 13.2. The third kappa shape index (κ3) is 6.25. The minimum absolute atomic E-state index is 0.218. The Morgan fingerprint density at radius 2 is 1.80 bits per heavy atom. The van der Waals surface area contributed by atoms with Gasteiger partial charge in [0.1, 0.15) is 0 Å². The van der Waals surface area contributed by atoms with Crippen LogP contribution in [0.3, 0.4) is 0 Å². The highest BCUT2D eigenvalue weighted by Crippen LogP contribution is 1.92. The van der Waals surface area contributed by atoms with E-state index in [2.05, 4.69) is 9.47 Å². The Balaban J connectivity index is 4.03. The molecule has 0 radical (unpaired) electrons. The Morgan fingerprint density at radius 1 is 1.27 bits per heavy atom. The first-order valence-corrected chi connectivity index (χ1v) is 4.32. The zero-order valence-corrected chi connectivity index (χ0v) is 8.56. The van der Waals surface area contributed by atoms with Crippen molar-refractivity contribution >= 4 is 17.8 Å². The molecule has 6 heteroatoms. The van der Waals surface area contributed by atoms with Crippen molar-refractivity contribution in [1.82, 2.24) is 0 Å². The van der Waals surface area contributed by atoms with Gasteiger partial charge in [-0.25, -0.2) is 9.59 Å². The summed E-state index contributed by atoms with van der Waals surface area (Å²) in [7, 11) is 0. The van der Waals surface area contributed by atoms with Crippen molar-refractivity contribution in [3.05, 3.63) is 12.2 Å². The molecule has 0 heterocycles. The SMILES string of the molecule is CCOC(=O)/C=C/C(=O)O[C@@H](C)C(N)=O. The van der Waals surface area contributed by atoms with Crippen LogP contribution < -0.4 is 5.73 Å². The van der Waals surface area contributed by atoms with Crippen LogP contribution in [0.15, 0.2) is 12.2 Å². The van der Waals surface area contributed by atoms with Crippen molar-refractivity contribution in [2.24, 2.45) is 5.73 Å². The molecule has 0 aromatic heterocycles. The lowest BCUT2D eigenvalue weighted by atomic mass is 10.4. The van der Waals surface area contributed by atoms with Gasteiger partial charge >= 0.3 is 11.9 Å². The first-order chi connectivity index (χ1) is 6.97. The molecule has 0 spiro atoms. The van der Waals surface area contributed by atoms with E-state index in [1.54, 1.807) is 6.92 Å². The van der Waals surface area contributed by atoms with Crippen LogP contribution in [-0.4, -0.2) is 30.6 Å². The number of primary amides is 1. The van der Waals surface area contributed by atoms with Gasteiger partial charge in [-0.05, 0) is 13.8 Å². The molecular weight excluding hydrogens is 202 g/mol. The van der Waals surface area contributed by atoms with E-state index >= 15 is 0 Å². The number of ether oxygens (including phenoxy) is 2. The van der Waals surface area contributed by atoms with Gasteiger partial charge in [0.2, 0.25) is 0 Å². The minimum atomic E-state index is -1.02. The number of hydrogen-bond donors (Lipinski definition) is 1. The third-order valence-electron chi connectivity index (χ3n) is 1.34. The van der Waals surface area contributed by atoms with Crippen LogP contribution in [0.25, 0.3) is 0 Å². The molecule has 0 aromatic carbocycles. The fraction of sp³-hybridized carbons (Fsp3) is 0.444. The van der Waals surface area contributed by atoms with Gasteiger partial charge in [-0.2, -0.15) is 0 Å². The summed E-state index contributed by atoms with van der Waals surface area (Å²) >= 11 is 0. The fourth-order valence-corrected chi connectivity index (χ4v) is 0.598. The predicted molar refractivity (Wildman–Crippen MR) is 50.5 cm³/mol. The Labute approximate surface area is 87.0 Å². The van der Waals surface area contributed by atoms with Crippen molar-refractivity contribution in [3.8, 4) is 0 Å². The summed E-state index contributed by atoms with van der Waals surface area (Å²) in [6, 6.07) is 0. The highest BCUT2D eigenvalue weighted by Gasteiger charge is 2.12. The lowest BCUT2D eigenvalue weighted by molar-refractivity contribution is -0.149. The number of carbonyl (C=O) groups excluding carboxylic acids is 3. The number of carbonyl (C=O) groups is 3. The zero-order valence-electron chi connectivity index (χ0n) is 8.56. The summed E-state index contributed by atoms with van der Waals surface area (Å²) in [5.74, 6) is -2.23. The van der Waals surface area contributed by atoms with Crippen molar-refractivity contribution in [1.29, 1.82) is 0 Å². The summed E-state index contributed by atoms with van der Waals surface area (Å²) in [5, 5.41) is 0. The van der Waals surface area contributed by atoms with Crippen LogP contribution in [0, 0.1) is 0 Å².